The average Bonchev–Trinajstić information content (AvgIpc) is 3.40. The van der Waals surface area contributed by atoms with E-state index in [4.69, 9.17) is 22.6 Å². The monoisotopic (exact) mass is 733 g/mol. The molecule has 206 valence electrons. The Balaban J connectivity index is 0.000000425. The molecule has 0 N–H and O–H groups in total. The standard InChI is InChI=1S/C29H25N4.C6H6S.Pt/c1-3-24-21(2)28(33-32-24)25-17-12-19-27(31-25)29(22-13-6-4-7-14-22,23-15-8-5-9-16-23)26-18-10-11-20-30-26;7-6-4-2-1-3-5-6;/h4-20H,3H2,1-2H3;1-5,7H;/q-1;;+2/p-1. The van der Waals surface area contributed by atoms with Crippen LogP contribution >= 0.6 is 0 Å². The van der Waals surface area contributed by atoms with Gasteiger partial charge in [0, 0.05) is 11.9 Å². The van der Waals surface area contributed by atoms with Crippen LogP contribution in [0.4, 0.5) is 0 Å². The molecule has 0 aliphatic rings. The quantitative estimate of drug-likeness (QED) is 0.168. The number of hydrogen-bond donors (Lipinski definition) is 0. The Morgan fingerprint density at radius 2 is 1.24 bits per heavy atom. The van der Waals surface area contributed by atoms with Crippen molar-refractivity contribution in [3.05, 3.63) is 167 Å². The van der Waals surface area contributed by atoms with Crippen molar-refractivity contribution in [3.8, 4) is 11.4 Å². The van der Waals surface area contributed by atoms with Crippen LogP contribution in [0.5, 0.6) is 0 Å². The molecule has 3 aromatic heterocycles. The van der Waals surface area contributed by atoms with Gasteiger partial charge in [0.1, 0.15) is 5.41 Å². The van der Waals surface area contributed by atoms with E-state index in [-0.39, 0.29) is 21.1 Å². The second-order valence-electron chi connectivity index (χ2n) is 9.39. The summed E-state index contributed by atoms with van der Waals surface area (Å²) in [7, 11) is 0. The number of aromatic nitrogens is 4. The van der Waals surface area contributed by atoms with Crippen LogP contribution < -0.4 is 5.10 Å². The summed E-state index contributed by atoms with van der Waals surface area (Å²) >= 11 is 4.81. The van der Waals surface area contributed by atoms with Crippen LogP contribution in [0, 0.1) is 6.92 Å². The SMILES string of the molecule is CCc1n[n-]c(-c2cccc(C(c3ccccc3)(c3ccccc3)c3ccccn3)n2)c1C.[Pt+2].[S-]c1ccccc1. The van der Waals surface area contributed by atoms with Crippen LogP contribution in [0.1, 0.15) is 40.7 Å². The van der Waals surface area contributed by atoms with Crippen LogP contribution in [0.3, 0.4) is 0 Å². The van der Waals surface area contributed by atoms with Crippen molar-refractivity contribution < 1.29 is 21.1 Å². The number of nitrogens with zero attached hydrogens (tertiary/aromatic N) is 4. The van der Waals surface area contributed by atoms with Gasteiger partial charge in [-0.25, -0.2) is 0 Å². The molecule has 0 spiro atoms. The molecule has 0 saturated heterocycles. The third-order valence-electron chi connectivity index (χ3n) is 6.98. The Morgan fingerprint density at radius 3 is 1.73 bits per heavy atom. The van der Waals surface area contributed by atoms with Gasteiger partial charge in [-0.2, -0.15) is 4.90 Å². The molecule has 0 amide bonds. The van der Waals surface area contributed by atoms with Crippen LogP contribution in [-0.4, -0.2) is 15.1 Å². The average molecular weight is 734 g/mol. The van der Waals surface area contributed by atoms with Gasteiger partial charge in [-0.05, 0) is 54.3 Å². The van der Waals surface area contributed by atoms with Gasteiger partial charge >= 0.3 is 21.1 Å². The molecule has 0 unspecified atom stereocenters. The predicted octanol–water partition coefficient (Wildman–Crippen LogP) is 7.34. The summed E-state index contributed by atoms with van der Waals surface area (Å²) in [6.07, 6.45) is 2.70. The molecule has 41 heavy (non-hydrogen) atoms. The molecule has 6 aromatic rings. The van der Waals surface area contributed by atoms with Crippen LogP contribution in [0.2, 0.25) is 0 Å². The van der Waals surface area contributed by atoms with Crippen LogP contribution in [-0.2, 0) is 45.5 Å². The van der Waals surface area contributed by atoms with Gasteiger partial charge in [0.2, 0.25) is 0 Å². The predicted molar refractivity (Wildman–Crippen MR) is 163 cm³/mol. The van der Waals surface area contributed by atoms with E-state index in [0.29, 0.717) is 0 Å². The molecule has 0 aliphatic heterocycles. The fourth-order valence-corrected chi connectivity index (χ4v) is 5.18. The van der Waals surface area contributed by atoms with E-state index in [1.165, 1.54) is 0 Å². The Hall–Kier alpha value is -3.92. The number of aryl methyl sites for hydroxylation is 1. The van der Waals surface area contributed by atoms with E-state index in [0.717, 1.165) is 56.5 Å². The van der Waals surface area contributed by atoms with E-state index in [9.17, 15) is 0 Å². The van der Waals surface area contributed by atoms with Crippen molar-refractivity contribution in [2.45, 2.75) is 30.6 Å². The van der Waals surface area contributed by atoms with E-state index in [1.54, 1.807) is 0 Å². The van der Waals surface area contributed by atoms with Gasteiger partial charge in [-0.1, -0.05) is 116 Å². The number of pyridine rings is 2. The molecule has 0 radical (unpaired) electrons. The Labute approximate surface area is 262 Å². The van der Waals surface area contributed by atoms with Crippen LogP contribution in [0.15, 0.2) is 138 Å². The van der Waals surface area contributed by atoms with Crippen molar-refractivity contribution in [3.63, 3.8) is 0 Å². The first-order valence-electron chi connectivity index (χ1n) is 13.4. The summed E-state index contributed by atoms with van der Waals surface area (Å²) in [6.45, 7) is 4.17. The van der Waals surface area contributed by atoms with Crippen molar-refractivity contribution in [1.29, 1.82) is 0 Å². The normalized spacial score (nSPS) is 10.7. The number of hydrogen-bond acceptors (Lipinski definition) is 4. The van der Waals surface area contributed by atoms with Crippen LogP contribution in [0.25, 0.3) is 11.4 Å². The molecule has 3 aromatic carbocycles. The maximum Gasteiger partial charge on any atom is 2.00 e. The van der Waals surface area contributed by atoms with E-state index >= 15 is 0 Å². The fourth-order valence-electron chi connectivity index (χ4n) is 5.02. The number of benzene rings is 3. The minimum atomic E-state index is -0.679. The second kappa shape index (κ2) is 14.1. The first-order valence-corrected chi connectivity index (χ1v) is 13.8. The van der Waals surface area contributed by atoms with Crippen molar-refractivity contribution >= 4 is 12.6 Å². The molecular formula is C35H30N4PtS. The van der Waals surface area contributed by atoms with Gasteiger partial charge < -0.3 is 22.8 Å². The Morgan fingerprint density at radius 1 is 0.683 bits per heavy atom. The van der Waals surface area contributed by atoms with E-state index < -0.39 is 5.41 Å². The minimum Gasteiger partial charge on any atom is -0.780 e. The Bertz CT molecular complexity index is 1540. The van der Waals surface area contributed by atoms with E-state index in [1.807, 2.05) is 66.9 Å². The van der Waals surface area contributed by atoms with Gasteiger partial charge in [-0.3, -0.25) is 9.97 Å². The van der Waals surface area contributed by atoms with Crippen molar-refractivity contribution in [1.82, 2.24) is 20.2 Å². The molecule has 6 rings (SSSR count). The van der Waals surface area contributed by atoms with Gasteiger partial charge in [0.15, 0.2) is 0 Å². The summed E-state index contributed by atoms with van der Waals surface area (Å²) in [6, 6.07) is 42.8. The van der Waals surface area contributed by atoms with E-state index in [2.05, 4.69) is 90.8 Å². The van der Waals surface area contributed by atoms with Crippen molar-refractivity contribution in [2.75, 3.05) is 0 Å². The molecule has 6 heteroatoms. The van der Waals surface area contributed by atoms with Gasteiger partial charge in [0.25, 0.3) is 0 Å². The largest absolute Gasteiger partial charge is 2.00 e. The van der Waals surface area contributed by atoms with Gasteiger partial charge in [-0.15, -0.1) is 0 Å². The van der Waals surface area contributed by atoms with Gasteiger partial charge in [0.05, 0.1) is 17.1 Å². The Kier molecular flexibility index (Phi) is 10.3. The summed E-state index contributed by atoms with van der Waals surface area (Å²) in [4.78, 5) is 11.0. The maximum absolute atomic E-state index is 5.21. The topological polar surface area (TPSA) is 52.8 Å². The second-order valence-corrected chi connectivity index (χ2v) is 9.86. The zero-order valence-electron chi connectivity index (χ0n) is 22.9. The summed E-state index contributed by atoms with van der Waals surface area (Å²) in [5.74, 6) is 0. The summed E-state index contributed by atoms with van der Waals surface area (Å²) in [5, 5.41) is 8.84. The summed E-state index contributed by atoms with van der Waals surface area (Å²) in [5.41, 5.74) is 7.13. The third-order valence-corrected chi connectivity index (χ3v) is 7.25. The molecule has 4 nitrogen and oxygen atoms in total. The summed E-state index contributed by atoms with van der Waals surface area (Å²) < 4.78 is 0. The molecule has 0 saturated carbocycles. The maximum atomic E-state index is 5.21. The fraction of sp³-hybridized carbons (Fsp3) is 0.114. The van der Waals surface area contributed by atoms with Crippen molar-refractivity contribution in [2.24, 2.45) is 0 Å². The smallest absolute Gasteiger partial charge is 0.780 e. The molecular weight excluding hydrogens is 704 g/mol. The third kappa shape index (κ3) is 6.37. The zero-order chi connectivity index (χ0) is 27.8. The molecule has 0 atom stereocenters. The molecule has 0 aliphatic carbocycles. The first-order chi connectivity index (χ1) is 19.6. The molecule has 0 bridgehead atoms. The first kappa shape index (κ1) is 30.0. The molecule has 0 fully saturated rings. The number of rotatable bonds is 6. The minimum absolute atomic E-state index is 0. The zero-order valence-corrected chi connectivity index (χ0v) is 26.0. The molecule has 3 heterocycles.